The van der Waals surface area contributed by atoms with Gasteiger partial charge >= 0.3 is 11.9 Å². The molecule has 9 nitrogen and oxygen atoms in total. The first-order valence-electron chi connectivity index (χ1n) is 10.6. The molecule has 1 aromatic heterocycles. The highest BCUT2D eigenvalue weighted by Gasteiger charge is 2.39. The van der Waals surface area contributed by atoms with E-state index in [0.717, 1.165) is 15.9 Å². The number of esters is 2. The van der Waals surface area contributed by atoms with Crippen LogP contribution in [0.3, 0.4) is 0 Å². The van der Waals surface area contributed by atoms with Crippen LogP contribution in [0.15, 0.2) is 58.9 Å². The van der Waals surface area contributed by atoms with Crippen molar-refractivity contribution in [1.29, 1.82) is 0 Å². The van der Waals surface area contributed by atoms with Gasteiger partial charge in [-0.25, -0.2) is 9.59 Å². The summed E-state index contributed by atoms with van der Waals surface area (Å²) in [5, 5.41) is 19.3. The van der Waals surface area contributed by atoms with Gasteiger partial charge in [0.2, 0.25) is 0 Å². The molecule has 0 bridgehead atoms. The molecule has 1 aliphatic heterocycles. The second-order valence-corrected chi connectivity index (χ2v) is 8.63. The Morgan fingerprint density at radius 2 is 1.63 bits per heavy atom. The zero-order chi connectivity index (χ0) is 25.3. The van der Waals surface area contributed by atoms with E-state index in [4.69, 9.17) is 15.2 Å². The third-order valence-electron chi connectivity index (χ3n) is 5.47. The summed E-state index contributed by atoms with van der Waals surface area (Å²) in [6.45, 7) is 1.72. The Morgan fingerprint density at radius 1 is 1.03 bits per heavy atom. The number of methoxy groups -OCH3 is 1. The molecule has 4 rings (SSSR count). The number of hydrogen-bond donors (Lipinski definition) is 3. The molecule has 0 saturated heterocycles. The number of fused-ring (bicyclic) bond motifs is 1. The number of aromatic hydroxyl groups is 2. The van der Waals surface area contributed by atoms with Crippen LogP contribution < -0.4 is 20.5 Å². The molecule has 0 saturated carbocycles. The lowest BCUT2D eigenvalue weighted by Gasteiger charge is -2.26. The van der Waals surface area contributed by atoms with Gasteiger partial charge in [-0.1, -0.05) is 24.3 Å². The number of aromatic nitrogens is 1. The Bertz CT molecular complexity index is 1510. The highest BCUT2D eigenvalue weighted by atomic mass is 32.1. The average molecular weight is 495 g/mol. The Hall–Kier alpha value is -4.31. The van der Waals surface area contributed by atoms with Crippen molar-refractivity contribution in [2.45, 2.75) is 12.8 Å². The number of benzene rings is 2. The van der Waals surface area contributed by atoms with Crippen LogP contribution in [0.25, 0.3) is 17.5 Å². The minimum Gasteiger partial charge on any atom is -0.508 e. The van der Waals surface area contributed by atoms with Gasteiger partial charge in [-0.05, 0) is 48.4 Å². The predicted molar refractivity (Wildman–Crippen MR) is 130 cm³/mol. The molecule has 1 atom stereocenters. The zero-order valence-electron chi connectivity index (χ0n) is 18.8. The van der Waals surface area contributed by atoms with Crippen molar-refractivity contribution in [1.82, 2.24) is 4.57 Å². The summed E-state index contributed by atoms with van der Waals surface area (Å²) in [7, 11) is 1.18. The topological polar surface area (TPSA) is 141 Å². The smallest absolute Gasteiger partial charge is 0.338 e. The average Bonchev–Trinajstić information content (AvgIpc) is 3.16. The lowest BCUT2D eigenvalue weighted by molar-refractivity contribution is -0.136. The van der Waals surface area contributed by atoms with Crippen molar-refractivity contribution in [2.75, 3.05) is 13.7 Å². The van der Waals surface area contributed by atoms with Gasteiger partial charge in [-0.3, -0.25) is 9.36 Å². The largest absolute Gasteiger partial charge is 0.508 e. The minimum atomic E-state index is -0.998. The fourth-order valence-electron chi connectivity index (χ4n) is 3.89. The maximum atomic E-state index is 13.4. The van der Waals surface area contributed by atoms with Crippen molar-refractivity contribution < 1.29 is 29.3 Å². The lowest BCUT2D eigenvalue weighted by Crippen LogP contribution is -2.41. The van der Waals surface area contributed by atoms with E-state index < -0.39 is 23.4 Å². The molecule has 0 spiro atoms. The molecule has 0 unspecified atom stereocenters. The van der Waals surface area contributed by atoms with E-state index in [9.17, 15) is 24.6 Å². The van der Waals surface area contributed by atoms with Crippen LogP contribution in [0.4, 0.5) is 0 Å². The molecule has 2 aromatic carbocycles. The summed E-state index contributed by atoms with van der Waals surface area (Å²) < 4.78 is 11.9. The van der Waals surface area contributed by atoms with E-state index in [2.05, 4.69) is 0 Å². The predicted octanol–water partition coefficient (Wildman–Crippen LogP) is 0.961. The van der Waals surface area contributed by atoms with Gasteiger partial charge in [0.1, 0.15) is 22.0 Å². The fourth-order valence-corrected chi connectivity index (χ4v) is 5.05. The van der Waals surface area contributed by atoms with Crippen LogP contribution in [0.2, 0.25) is 0 Å². The Labute approximate surface area is 203 Å². The monoisotopic (exact) mass is 494 g/mol. The number of carbonyl (C=O) groups excluding carboxylic acids is 2. The number of ether oxygens (including phenoxy) is 2. The van der Waals surface area contributed by atoms with Crippen molar-refractivity contribution in [2.24, 2.45) is 5.73 Å². The van der Waals surface area contributed by atoms with Crippen LogP contribution in [-0.4, -0.2) is 40.4 Å². The van der Waals surface area contributed by atoms with Gasteiger partial charge in [-0.2, -0.15) is 0 Å². The number of nitrogens with zero attached hydrogens (tertiary/aromatic N) is 1. The zero-order valence-corrected chi connectivity index (χ0v) is 19.7. The van der Waals surface area contributed by atoms with Gasteiger partial charge in [0, 0.05) is 0 Å². The van der Waals surface area contributed by atoms with Crippen LogP contribution in [0.1, 0.15) is 24.0 Å². The summed E-state index contributed by atoms with van der Waals surface area (Å²) in [6, 6.07) is 12.2. The molecule has 0 fully saturated rings. The lowest BCUT2D eigenvalue weighted by atomic mass is 9.83. The summed E-state index contributed by atoms with van der Waals surface area (Å²) >= 11 is 1.03. The number of thiazole rings is 1. The summed E-state index contributed by atoms with van der Waals surface area (Å²) in [5.74, 6) is -2.61. The van der Waals surface area contributed by atoms with E-state index in [1.165, 1.54) is 31.4 Å². The van der Waals surface area contributed by atoms with Gasteiger partial charge in [0.25, 0.3) is 5.56 Å². The highest BCUT2D eigenvalue weighted by Crippen LogP contribution is 2.38. The molecule has 0 amide bonds. The fraction of sp³-hybridized carbons (Fsp3) is 0.160. The van der Waals surface area contributed by atoms with Crippen molar-refractivity contribution in [3.05, 3.63) is 84.8 Å². The van der Waals surface area contributed by atoms with Crippen molar-refractivity contribution >= 4 is 40.7 Å². The molecule has 2 heterocycles. The van der Waals surface area contributed by atoms with E-state index in [1.807, 2.05) is 0 Å². The first kappa shape index (κ1) is 23.8. The van der Waals surface area contributed by atoms with Crippen LogP contribution in [0, 0.1) is 0 Å². The van der Waals surface area contributed by atoms with E-state index >= 15 is 0 Å². The Balaban J connectivity index is 2.11. The molecule has 180 valence electrons. The number of nitrogens with two attached hydrogens (primary N) is 1. The SMILES string of the molecule is CCOC(=O)C1=c2s/c(=C\c3ccc(O)cc3)c(=O)n2C(N)=C(C(=O)OC)[C@@H]1c1ccc(O)cc1. The highest BCUT2D eigenvalue weighted by molar-refractivity contribution is 7.07. The summed E-state index contributed by atoms with van der Waals surface area (Å²) in [4.78, 5) is 39.5. The maximum absolute atomic E-state index is 13.4. The third-order valence-corrected chi connectivity index (χ3v) is 6.57. The van der Waals surface area contributed by atoms with Gasteiger partial charge in [0.15, 0.2) is 0 Å². The quantitative estimate of drug-likeness (QED) is 0.446. The van der Waals surface area contributed by atoms with Crippen molar-refractivity contribution in [3.63, 3.8) is 0 Å². The van der Waals surface area contributed by atoms with E-state index in [0.29, 0.717) is 11.1 Å². The number of carbonyl (C=O) groups is 2. The Kier molecular flexibility index (Phi) is 6.48. The molecule has 1 aliphatic rings. The first-order chi connectivity index (χ1) is 16.8. The molecule has 4 N–H and O–H groups in total. The Morgan fingerprint density at radius 3 is 2.20 bits per heavy atom. The minimum absolute atomic E-state index is 0.00219. The normalized spacial score (nSPS) is 15.7. The molecule has 35 heavy (non-hydrogen) atoms. The molecule has 0 radical (unpaired) electrons. The van der Waals surface area contributed by atoms with Gasteiger partial charge in [0.05, 0.1) is 35.3 Å². The number of phenols is 2. The molecular formula is C25H22N2O7S. The standard InChI is InChI=1S/C25H22N2O7S/c1-3-34-25(32)20-18(14-6-10-16(29)11-7-14)19(24(31)33-2)21(26)27-22(30)17(35-23(20)27)12-13-4-8-15(28)9-5-13/h4-12,18,28-29H,3,26H2,1-2H3/b17-12-/t18-/m0/s1. The molecule has 10 heteroatoms. The van der Waals surface area contributed by atoms with E-state index in [1.54, 1.807) is 37.3 Å². The second-order valence-electron chi connectivity index (χ2n) is 7.60. The van der Waals surface area contributed by atoms with Crippen LogP contribution >= 0.6 is 11.3 Å². The second kappa shape index (κ2) is 9.51. The summed E-state index contributed by atoms with van der Waals surface area (Å²) in [6.07, 6.45) is 1.60. The van der Waals surface area contributed by atoms with Gasteiger partial charge in [-0.15, -0.1) is 11.3 Å². The first-order valence-corrected chi connectivity index (χ1v) is 11.4. The summed E-state index contributed by atoms with van der Waals surface area (Å²) in [5.41, 5.74) is 6.93. The molecule has 3 aromatic rings. The van der Waals surface area contributed by atoms with Gasteiger partial charge < -0.3 is 25.4 Å². The van der Waals surface area contributed by atoms with Crippen LogP contribution in [0.5, 0.6) is 11.5 Å². The molecular weight excluding hydrogens is 472 g/mol. The molecule has 0 aliphatic carbocycles. The number of hydrogen-bond acceptors (Lipinski definition) is 9. The number of rotatable bonds is 5. The van der Waals surface area contributed by atoms with Crippen LogP contribution in [-0.2, 0) is 19.1 Å². The third kappa shape index (κ3) is 4.31. The van der Waals surface area contributed by atoms with E-state index in [-0.39, 0.29) is 44.3 Å². The maximum Gasteiger partial charge on any atom is 0.338 e. The van der Waals surface area contributed by atoms with Crippen molar-refractivity contribution in [3.8, 4) is 11.5 Å². The number of phenolic OH excluding ortho intramolecular Hbond substituents is 2.